The quantitative estimate of drug-likeness (QED) is 0.417. The second-order valence-corrected chi connectivity index (χ2v) is 3.95. The van der Waals surface area contributed by atoms with Gasteiger partial charge < -0.3 is 10.6 Å². The van der Waals surface area contributed by atoms with E-state index in [0.717, 1.165) is 0 Å². The van der Waals surface area contributed by atoms with Crippen LogP contribution in [0.4, 0.5) is 16.2 Å². The van der Waals surface area contributed by atoms with Crippen molar-refractivity contribution in [2.45, 2.75) is 6.92 Å². The Bertz CT molecular complexity index is 612. The Labute approximate surface area is 126 Å². The Morgan fingerprint density at radius 3 is 2.86 bits per heavy atom. The van der Waals surface area contributed by atoms with E-state index < -0.39 is 16.9 Å². The lowest BCUT2D eigenvalue weighted by Crippen LogP contribution is -2.37. The van der Waals surface area contributed by atoms with Crippen LogP contribution >= 0.6 is 0 Å². The second kappa shape index (κ2) is 8.84. The standard InChI is InChI=1S/C13H15N5O4/c1-2-3-7-15-17-12(19)9-14-13(20)16-10-5-4-6-11(8-10)18(21)22/h2-8H,9H2,1H3,(H,17,19)(H2,14,16,20)/b3-2+,15-7-. The van der Waals surface area contributed by atoms with Gasteiger partial charge in [0.2, 0.25) is 0 Å². The zero-order valence-corrected chi connectivity index (χ0v) is 11.8. The molecule has 3 N–H and O–H groups in total. The van der Waals surface area contributed by atoms with Gasteiger partial charge in [-0.05, 0) is 19.1 Å². The highest BCUT2D eigenvalue weighted by Crippen LogP contribution is 2.16. The molecule has 1 aromatic rings. The summed E-state index contributed by atoms with van der Waals surface area (Å²) in [5.74, 6) is -0.505. The molecule has 0 aromatic heterocycles. The first-order valence-electron chi connectivity index (χ1n) is 6.25. The molecule has 9 heteroatoms. The summed E-state index contributed by atoms with van der Waals surface area (Å²) < 4.78 is 0. The molecule has 0 spiro atoms. The average molecular weight is 305 g/mol. The van der Waals surface area contributed by atoms with E-state index in [-0.39, 0.29) is 17.9 Å². The summed E-state index contributed by atoms with van der Waals surface area (Å²) in [4.78, 5) is 32.9. The number of non-ortho nitro benzene ring substituents is 1. The predicted molar refractivity (Wildman–Crippen MR) is 81.6 cm³/mol. The first kappa shape index (κ1) is 16.8. The number of nitro benzene ring substituents is 1. The smallest absolute Gasteiger partial charge is 0.319 e. The fourth-order valence-electron chi connectivity index (χ4n) is 1.31. The average Bonchev–Trinajstić information content (AvgIpc) is 2.50. The van der Waals surface area contributed by atoms with E-state index in [1.54, 1.807) is 19.1 Å². The van der Waals surface area contributed by atoms with E-state index in [4.69, 9.17) is 0 Å². The molecule has 0 aliphatic carbocycles. The molecule has 0 heterocycles. The third-order valence-corrected chi connectivity index (χ3v) is 2.27. The molecule has 0 bridgehead atoms. The number of nitrogens with zero attached hydrogens (tertiary/aromatic N) is 2. The molecule has 1 aromatic carbocycles. The molecular formula is C13H15N5O4. The zero-order chi connectivity index (χ0) is 16.4. The molecule has 0 aliphatic heterocycles. The van der Waals surface area contributed by atoms with Gasteiger partial charge in [0.25, 0.3) is 11.6 Å². The third-order valence-electron chi connectivity index (χ3n) is 2.27. The van der Waals surface area contributed by atoms with Crippen molar-refractivity contribution in [3.63, 3.8) is 0 Å². The minimum absolute atomic E-state index is 0.145. The Kier molecular flexibility index (Phi) is 6.76. The van der Waals surface area contributed by atoms with Crippen LogP contribution < -0.4 is 16.1 Å². The van der Waals surface area contributed by atoms with Crippen molar-refractivity contribution >= 4 is 29.5 Å². The van der Waals surface area contributed by atoms with Gasteiger partial charge >= 0.3 is 6.03 Å². The predicted octanol–water partition coefficient (Wildman–Crippen LogP) is 1.39. The number of rotatable bonds is 6. The van der Waals surface area contributed by atoms with E-state index in [0.29, 0.717) is 0 Å². The molecule has 0 unspecified atom stereocenters. The Morgan fingerprint density at radius 1 is 1.41 bits per heavy atom. The van der Waals surface area contributed by atoms with Gasteiger partial charge in [-0.25, -0.2) is 10.2 Å². The van der Waals surface area contributed by atoms with Gasteiger partial charge in [-0.1, -0.05) is 12.1 Å². The number of amides is 3. The van der Waals surface area contributed by atoms with Crippen molar-refractivity contribution < 1.29 is 14.5 Å². The zero-order valence-electron chi connectivity index (χ0n) is 11.8. The number of nitro groups is 1. The summed E-state index contributed by atoms with van der Waals surface area (Å²) in [6.45, 7) is 1.52. The Hall–Kier alpha value is -3.23. The molecular weight excluding hydrogens is 290 g/mol. The van der Waals surface area contributed by atoms with Crippen LogP contribution in [0.1, 0.15) is 6.92 Å². The SMILES string of the molecule is C/C=C/C=N\NC(=O)CNC(=O)Nc1cccc([N+](=O)[O-])c1. The molecule has 0 atom stereocenters. The minimum atomic E-state index is -0.659. The highest BCUT2D eigenvalue weighted by atomic mass is 16.6. The van der Waals surface area contributed by atoms with Crippen LogP contribution in [0.5, 0.6) is 0 Å². The monoisotopic (exact) mass is 305 g/mol. The van der Waals surface area contributed by atoms with Gasteiger partial charge in [-0.2, -0.15) is 5.10 Å². The number of urea groups is 1. The number of benzene rings is 1. The summed E-state index contributed by atoms with van der Waals surface area (Å²) >= 11 is 0. The Morgan fingerprint density at radius 2 is 2.18 bits per heavy atom. The van der Waals surface area contributed by atoms with E-state index in [1.165, 1.54) is 30.5 Å². The molecule has 0 aliphatic rings. The van der Waals surface area contributed by atoms with E-state index in [2.05, 4.69) is 21.2 Å². The molecule has 1 rings (SSSR count). The number of carbonyl (C=O) groups is 2. The first-order chi connectivity index (χ1) is 10.5. The molecule has 22 heavy (non-hydrogen) atoms. The minimum Gasteiger partial charge on any atom is -0.329 e. The van der Waals surface area contributed by atoms with Crippen molar-refractivity contribution in [3.8, 4) is 0 Å². The maximum atomic E-state index is 11.6. The van der Waals surface area contributed by atoms with Crippen LogP contribution in [0.25, 0.3) is 0 Å². The molecule has 3 amide bonds. The number of hydrogen-bond acceptors (Lipinski definition) is 5. The summed E-state index contributed by atoms with van der Waals surface area (Å²) in [7, 11) is 0. The first-order valence-corrected chi connectivity index (χ1v) is 6.25. The lowest BCUT2D eigenvalue weighted by molar-refractivity contribution is -0.384. The number of hydrogen-bond donors (Lipinski definition) is 3. The van der Waals surface area contributed by atoms with E-state index in [1.807, 2.05) is 0 Å². The largest absolute Gasteiger partial charge is 0.329 e. The van der Waals surface area contributed by atoms with Crippen molar-refractivity contribution in [2.24, 2.45) is 5.10 Å². The van der Waals surface area contributed by atoms with Crippen LogP contribution in [-0.2, 0) is 4.79 Å². The lowest BCUT2D eigenvalue weighted by atomic mass is 10.3. The fourth-order valence-corrected chi connectivity index (χ4v) is 1.31. The number of anilines is 1. The number of allylic oxidation sites excluding steroid dienone is 2. The van der Waals surface area contributed by atoms with Gasteiger partial charge in [0.05, 0.1) is 4.92 Å². The van der Waals surface area contributed by atoms with Gasteiger partial charge in [-0.15, -0.1) is 0 Å². The Balaban J connectivity index is 2.42. The summed E-state index contributed by atoms with van der Waals surface area (Å²) in [6.07, 6.45) is 4.75. The van der Waals surface area contributed by atoms with Gasteiger partial charge in [0.15, 0.2) is 0 Å². The number of carbonyl (C=O) groups excluding carboxylic acids is 2. The highest BCUT2D eigenvalue weighted by Gasteiger charge is 2.08. The van der Waals surface area contributed by atoms with Crippen LogP contribution in [0.15, 0.2) is 41.5 Å². The fraction of sp³-hybridized carbons (Fsp3) is 0.154. The van der Waals surface area contributed by atoms with E-state index >= 15 is 0 Å². The molecule has 9 nitrogen and oxygen atoms in total. The number of hydrazone groups is 1. The van der Waals surface area contributed by atoms with Crippen LogP contribution in [0.2, 0.25) is 0 Å². The van der Waals surface area contributed by atoms with Crippen molar-refractivity contribution in [3.05, 3.63) is 46.5 Å². The second-order valence-electron chi connectivity index (χ2n) is 3.95. The highest BCUT2D eigenvalue weighted by molar-refractivity contribution is 5.92. The van der Waals surface area contributed by atoms with E-state index in [9.17, 15) is 19.7 Å². The molecule has 0 fully saturated rings. The maximum Gasteiger partial charge on any atom is 0.319 e. The normalized spacial score (nSPS) is 10.6. The van der Waals surface area contributed by atoms with Crippen LogP contribution in [-0.4, -0.2) is 29.6 Å². The molecule has 0 saturated carbocycles. The third kappa shape index (κ3) is 6.28. The van der Waals surface area contributed by atoms with Gasteiger partial charge in [-0.3, -0.25) is 14.9 Å². The van der Waals surface area contributed by atoms with Crippen molar-refractivity contribution in [2.75, 3.05) is 11.9 Å². The molecule has 0 saturated heterocycles. The van der Waals surface area contributed by atoms with Crippen molar-refractivity contribution in [1.29, 1.82) is 0 Å². The lowest BCUT2D eigenvalue weighted by Gasteiger charge is -2.06. The summed E-state index contributed by atoms with van der Waals surface area (Å²) in [5.41, 5.74) is 2.31. The van der Waals surface area contributed by atoms with Gasteiger partial charge in [0.1, 0.15) is 6.54 Å². The summed E-state index contributed by atoms with van der Waals surface area (Å²) in [5, 5.41) is 18.9. The number of nitrogens with one attached hydrogen (secondary N) is 3. The molecule has 116 valence electrons. The van der Waals surface area contributed by atoms with Crippen LogP contribution in [0, 0.1) is 10.1 Å². The molecule has 0 radical (unpaired) electrons. The van der Waals surface area contributed by atoms with Crippen LogP contribution in [0.3, 0.4) is 0 Å². The van der Waals surface area contributed by atoms with Crippen molar-refractivity contribution in [1.82, 2.24) is 10.7 Å². The topological polar surface area (TPSA) is 126 Å². The summed E-state index contributed by atoms with van der Waals surface area (Å²) in [6, 6.07) is 4.79. The van der Waals surface area contributed by atoms with Gasteiger partial charge in [0, 0.05) is 24.0 Å². The maximum absolute atomic E-state index is 11.6.